The summed E-state index contributed by atoms with van der Waals surface area (Å²) in [6.07, 6.45) is 9.86. The van der Waals surface area contributed by atoms with Crippen LogP contribution in [0.15, 0.2) is 18.5 Å². The van der Waals surface area contributed by atoms with E-state index < -0.39 is 6.10 Å². The minimum absolute atomic E-state index is 0.183. The van der Waals surface area contributed by atoms with Crippen LogP contribution in [-0.2, 0) is 11.3 Å². The summed E-state index contributed by atoms with van der Waals surface area (Å²) in [5.74, 6) is 0.552. The van der Waals surface area contributed by atoms with Gasteiger partial charge in [0.15, 0.2) is 0 Å². The third-order valence-corrected chi connectivity index (χ3v) is 5.28. The Morgan fingerprint density at radius 1 is 1.08 bits per heavy atom. The zero-order chi connectivity index (χ0) is 16.8. The van der Waals surface area contributed by atoms with Gasteiger partial charge in [0, 0.05) is 37.9 Å². The van der Waals surface area contributed by atoms with Gasteiger partial charge in [-0.05, 0) is 44.8 Å². The summed E-state index contributed by atoms with van der Waals surface area (Å²) in [7, 11) is 0. The van der Waals surface area contributed by atoms with Crippen molar-refractivity contribution < 1.29 is 9.90 Å². The van der Waals surface area contributed by atoms with Crippen LogP contribution in [-0.4, -0.2) is 69.4 Å². The van der Waals surface area contributed by atoms with Crippen LogP contribution < -0.4 is 0 Å². The smallest absolute Gasteiger partial charge is 0.225 e. The van der Waals surface area contributed by atoms with Crippen LogP contribution >= 0.6 is 0 Å². The van der Waals surface area contributed by atoms with Gasteiger partial charge in [-0.15, -0.1) is 0 Å². The van der Waals surface area contributed by atoms with E-state index in [9.17, 15) is 9.90 Å². The quantitative estimate of drug-likeness (QED) is 0.883. The largest absolute Gasteiger partial charge is 0.390 e. The molecule has 1 aromatic heterocycles. The molecule has 2 saturated heterocycles. The van der Waals surface area contributed by atoms with Crippen LogP contribution in [0.1, 0.15) is 38.5 Å². The molecule has 0 radical (unpaired) electrons. The maximum atomic E-state index is 12.7. The summed E-state index contributed by atoms with van der Waals surface area (Å²) in [6.45, 7) is 4.88. The van der Waals surface area contributed by atoms with Crippen molar-refractivity contribution in [1.29, 1.82) is 0 Å². The Kier molecular flexibility index (Phi) is 6.26. The highest BCUT2D eigenvalue weighted by Crippen LogP contribution is 2.22. The molecule has 0 aromatic carbocycles. The molecule has 2 fully saturated rings. The van der Waals surface area contributed by atoms with E-state index in [1.807, 2.05) is 12.3 Å². The summed E-state index contributed by atoms with van der Waals surface area (Å²) >= 11 is 0. The lowest BCUT2D eigenvalue weighted by atomic mass is 9.95. The molecule has 1 N–H and O–H groups in total. The van der Waals surface area contributed by atoms with E-state index in [0.717, 1.165) is 51.9 Å². The van der Waals surface area contributed by atoms with Gasteiger partial charge in [0.1, 0.15) is 0 Å². The average Bonchev–Trinajstić information content (AvgIpc) is 2.94. The topological polar surface area (TPSA) is 61.6 Å². The van der Waals surface area contributed by atoms with Crippen molar-refractivity contribution in [2.45, 2.75) is 51.2 Å². The predicted molar refractivity (Wildman–Crippen MR) is 92.4 cm³/mol. The molecule has 1 aromatic rings. The molecule has 24 heavy (non-hydrogen) atoms. The van der Waals surface area contributed by atoms with E-state index in [1.165, 1.54) is 12.8 Å². The Hall–Kier alpha value is -1.40. The number of hydrogen-bond donors (Lipinski definition) is 1. The number of hydrogen-bond acceptors (Lipinski definition) is 4. The highest BCUT2D eigenvalue weighted by Gasteiger charge is 2.29. The number of carbonyl (C=O) groups excluding carboxylic acids is 1. The fourth-order valence-electron chi connectivity index (χ4n) is 3.89. The monoisotopic (exact) mass is 334 g/mol. The van der Waals surface area contributed by atoms with Crippen molar-refractivity contribution in [2.75, 3.05) is 32.7 Å². The first kappa shape index (κ1) is 17.4. The molecule has 2 aliphatic rings. The van der Waals surface area contributed by atoms with Gasteiger partial charge in [0.2, 0.25) is 5.91 Å². The van der Waals surface area contributed by atoms with Crippen LogP contribution in [0, 0.1) is 5.92 Å². The molecule has 2 aliphatic heterocycles. The van der Waals surface area contributed by atoms with Crippen molar-refractivity contribution in [1.82, 2.24) is 19.6 Å². The van der Waals surface area contributed by atoms with Crippen molar-refractivity contribution >= 4 is 5.91 Å². The predicted octanol–water partition coefficient (Wildman–Crippen LogP) is 1.36. The number of piperidine rings is 1. The van der Waals surface area contributed by atoms with Crippen LogP contribution in [0.3, 0.4) is 0 Å². The third kappa shape index (κ3) is 4.80. The number of aromatic nitrogens is 2. The van der Waals surface area contributed by atoms with Crippen molar-refractivity contribution in [3.05, 3.63) is 18.5 Å². The van der Waals surface area contributed by atoms with Gasteiger partial charge in [-0.2, -0.15) is 5.10 Å². The number of rotatable bonds is 5. The second-order valence-electron chi connectivity index (χ2n) is 7.20. The van der Waals surface area contributed by atoms with E-state index in [0.29, 0.717) is 19.0 Å². The maximum Gasteiger partial charge on any atom is 0.225 e. The highest BCUT2D eigenvalue weighted by molar-refractivity contribution is 5.79. The third-order valence-electron chi connectivity index (χ3n) is 5.28. The first-order chi connectivity index (χ1) is 11.7. The normalized spacial score (nSPS) is 22.3. The zero-order valence-corrected chi connectivity index (χ0v) is 14.5. The summed E-state index contributed by atoms with van der Waals surface area (Å²) in [5.41, 5.74) is 0. The van der Waals surface area contributed by atoms with Crippen LogP contribution in [0.2, 0.25) is 0 Å². The number of likely N-dealkylation sites (tertiary alicyclic amines) is 2. The second-order valence-corrected chi connectivity index (χ2v) is 7.20. The molecule has 134 valence electrons. The first-order valence-corrected chi connectivity index (χ1v) is 9.39. The lowest BCUT2D eigenvalue weighted by molar-refractivity contribution is -0.137. The molecular weight excluding hydrogens is 304 g/mol. The van der Waals surface area contributed by atoms with E-state index in [-0.39, 0.29) is 5.92 Å². The molecule has 1 atom stereocenters. The Balaban J connectivity index is 1.41. The fourth-order valence-corrected chi connectivity index (χ4v) is 3.89. The maximum absolute atomic E-state index is 12.7. The summed E-state index contributed by atoms with van der Waals surface area (Å²) in [4.78, 5) is 17.1. The van der Waals surface area contributed by atoms with Gasteiger partial charge >= 0.3 is 0 Å². The molecule has 6 nitrogen and oxygen atoms in total. The van der Waals surface area contributed by atoms with Gasteiger partial charge in [-0.1, -0.05) is 12.8 Å². The first-order valence-electron chi connectivity index (χ1n) is 9.39. The number of aliphatic hydroxyl groups excluding tert-OH is 1. The number of aliphatic hydroxyl groups is 1. The van der Waals surface area contributed by atoms with Gasteiger partial charge < -0.3 is 14.9 Å². The van der Waals surface area contributed by atoms with E-state index >= 15 is 0 Å². The molecule has 1 amide bonds. The van der Waals surface area contributed by atoms with Gasteiger partial charge in [-0.3, -0.25) is 9.48 Å². The second kappa shape index (κ2) is 8.62. The molecule has 0 saturated carbocycles. The molecule has 1 unspecified atom stereocenters. The highest BCUT2D eigenvalue weighted by atomic mass is 16.3. The number of carbonyl (C=O) groups is 1. The Morgan fingerprint density at radius 2 is 1.79 bits per heavy atom. The van der Waals surface area contributed by atoms with Gasteiger partial charge in [0.25, 0.3) is 0 Å². The Morgan fingerprint density at radius 3 is 2.42 bits per heavy atom. The SMILES string of the molecule is O=C(C1CCN(CC(O)Cn2cccn2)CC1)N1CCCCCC1. The van der Waals surface area contributed by atoms with Gasteiger partial charge in [-0.25, -0.2) is 0 Å². The van der Waals surface area contributed by atoms with Crippen molar-refractivity contribution in [3.8, 4) is 0 Å². The molecule has 6 heteroatoms. The average molecular weight is 334 g/mol. The minimum Gasteiger partial charge on any atom is -0.390 e. The number of amides is 1. The van der Waals surface area contributed by atoms with E-state index in [4.69, 9.17) is 0 Å². The molecule has 3 heterocycles. The number of β-amino-alcohol motifs (C(OH)–C–C–N with tert-alkyl or cyclic N) is 1. The van der Waals surface area contributed by atoms with Crippen LogP contribution in [0.4, 0.5) is 0 Å². The molecule has 0 bridgehead atoms. The van der Waals surface area contributed by atoms with Crippen molar-refractivity contribution in [2.24, 2.45) is 5.92 Å². The Labute approximate surface area is 144 Å². The molecule has 3 rings (SSSR count). The summed E-state index contributed by atoms with van der Waals surface area (Å²) in [5, 5.41) is 14.3. The standard InChI is InChI=1S/C18H30N4O2/c23-17(15-22-11-5-8-19-22)14-20-12-6-16(7-13-20)18(24)21-9-3-1-2-4-10-21/h5,8,11,16-17,23H,1-4,6-7,9-10,12-15H2. The van der Waals surface area contributed by atoms with E-state index in [1.54, 1.807) is 10.9 Å². The molecule has 0 spiro atoms. The zero-order valence-electron chi connectivity index (χ0n) is 14.5. The van der Waals surface area contributed by atoms with Crippen LogP contribution in [0.5, 0.6) is 0 Å². The number of nitrogens with zero attached hydrogens (tertiary/aromatic N) is 4. The minimum atomic E-state index is -0.414. The van der Waals surface area contributed by atoms with Crippen molar-refractivity contribution in [3.63, 3.8) is 0 Å². The summed E-state index contributed by atoms with van der Waals surface area (Å²) < 4.78 is 1.76. The van der Waals surface area contributed by atoms with E-state index in [2.05, 4.69) is 14.9 Å². The van der Waals surface area contributed by atoms with Crippen LogP contribution in [0.25, 0.3) is 0 Å². The molecular formula is C18H30N4O2. The Bertz CT molecular complexity index is 489. The lowest BCUT2D eigenvalue weighted by Gasteiger charge is -2.34. The molecule has 0 aliphatic carbocycles. The lowest BCUT2D eigenvalue weighted by Crippen LogP contribution is -2.45. The fraction of sp³-hybridized carbons (Fsp3) is 0.778. The summed E-state index contributed by atoms with van der Waals surface area (Å²) in [6, 6.07) is 1.87. The van der Waals surface area contributed by atoms with Gasteiger partial charge in [0.05, 0.1) is 12.6 Å².